The summed E-state index contributed by atoms with van der Waals surface area (Å²) in [6.07, 6.45) is 4.01. The third-order valence-electron chi connectivity index (χ3n) is 3.44. The summed E-state index contributed by atoms with van der Waals surface area (Å²) < 4.78 is 5.34. The molecule has 1 aromatic rings. The predicted octanol–water partition coefficient (Wildman–Crippen LogP) is 1.13. The number of hydrogen-bond donors (Lipinski definition) is 1. The van der Waals surface area contributed by atoms with Crippen molar-refractivity contribution in [1.82, 2.24) is 9.80 Å². The predicted molar refractivity (Wildman–Crippen MR) is 68.7 cm³/mol. The highest BCUT2D eigenvalue weighted by molar-refractivity contribution is 4.97. The van der Waals surface area contributed by atoms with E-state index in [9.17, 15) is 0 Å². The van der Waals surface area contributed by atoms with Gasteiger partial charge >= 0.3 is 0 Å². The Balaban J connectivity index is 1.64. The first-order valence-corrected chi connectivity index (χ1v) is 6.43. The minimum Gasteiger partial charge on any atom is -0.468 e. The van der Waals surface area contributed by atoms with Crippen molar-refractivity contribution in [3.63, 3.8) is 0 Å². The van der Waals surface area contributed by atoms with Crippen LogP contribution < -0.4 is 5.73 Å². The fourth-order valence-electron chi connectivity index (χ4n) is 2.24. The van der Waals surface area contributed by atoms with E-state index in [1.807, 2.05) is 12.1 Å². The van der Waals surface area contributed by atoms with Gasteiger partial charge in [0.25, 0.3) is 0 Å². The van der Waals surface area contributed by atoms with Gasteiger partial charge in [0.1, 0.15) is 5.76 Å². The standard InChI is InChI=1S/C13H23N3O/c1-15(11-13-3-2-10-17-13)8-9-16-6-4-12(14)5-7-16/h2-3,10,12H,4-9,11,14H2,1H3. The normalized spacial score (nSPS) is 19.0. The van der Waals surface area contributed by atoms with E-state index in [2.05, 4.69) is 16.8 Å². The molecule has 0 saturated carbocycles. The Morgan fingerprint density at radius 2 is 2.24 bits per heavy atom. The summed E-state index contributed by atoms with van der Waals surface area (Å²) in [5.74, 6) is 1.04. The summed E-state index contributed by atoms with van der Waals surface area (Å²) >= 11 is 0. The Kier molecular flexibility index (Phi) is 4.59. The minimum atomic E-state index is 0.423. The molecule has 0 bridgehead atoms. The summed E-state index contributed by atoms with van der Waals surface area (Å²) in [5, 5.41) is 0. The number of rotatable bonds is 5. The maximum absolute atomic E-state index is 5.89. The van der Waals surface area contributed by atoms with Crippen LogP contribution in [0.25, 0.3) is 0 Å². The van der Waals surface area contributed by atoms with Crippen LogP contribution in [0, 0.1) is 0 Å². The lowest BCUT2D eigenvalue weighted by molar-refractivity contribution is 0.180. The molecule has 1 aliphatic rings. The summed E-state index contributed by atoms with van der Waals surface area (Å²) in [7, 11) is 2.14. The molecule has 0 radical (unpaired) electrons. The van der Waals surface area contributed by atoms with Crippen molar-refractivity contribution in [1.29, 1.82) is 0 Å². The third kappa shape index (κ3) is 4.15. The Morgan fingerprint density at radius 3 is 2.88 bits per heavy atom. The third-order valence-corrected chi connectivity index (χ3v) is 3.44. The topological polar surface area (TPSA) is 45.6 Å². The number of nitrogens with two attached hydrogens (primary N) is 1. The van der Waals surface area contributed by atoms with Gasteiger partial charge in [-0.3, -0.25) is 4.90 Å². The molecule has 0 unspecified atom stereocenters. The molecule has 2 N–H and O–H groups in total. The number of piperidine rings is 1. The number of hydrogen-bond acceptors (Lipinski definition) is 4. The first-order chi connectivity index (χ1) is 8.24. The fourth-order valence-corrected chi connectivity index (χ4v) is 2.24. The van der Waals surface area contributed by atoms with Gasteiger partial charge in [0.2, 0.25) is 0 Å². The molecule has 1 saturated heterocycles. The lowest BCUT2D eigenvalue weighted by Crippen LogP contribution is -2.42. The van der Waals surface area contributed by atoms with Crippen molar-refractivity contribution < 1.29 is 4.42 Å². The molecule has 17 heavy (non-hydrogen) atoms. The molecule has 2 rings (SSSR count). The number of likely N-dealkylation sites (N-methyl/N-ethyl adjacent to an activating group) is 1. The molecule has 0 spiro atoms. The Hall–Kier alpha value is -0.840. The molecule has 1 aliphatic heterocycles. The van der Waals surface area contributed by atoms with Gasteiger partial charge in [0, 0.05) is 19.1 Å². The van der Waals surface area contributed by atoms with Gasteiger partial charge in [0.15, 0.2) is 0 Å². The zero-order valence-corrected chi connectivity index (χ0v) is 10.6. The van der Waals surface area contributed by atoms with Gasteiger partial charge in [-0.1, -0.05) is 0 Å². The molecule has 0 aliphatic carbocycles. The molecule has 0 amide bonds. The van der Waals surface area contributed by atoms with Crippen LogP contribution >= 0.6 is 0 Å². The SMILES string of the molecule is CN(CCN1CCC(N)CC1)Cc1ccco1. The first-order valence-electron chi connectivity index (χ1n) is 6.43. The van der Waals surface area contributed by atoms with E-state index in [0.717, 1.165) is 51.3 Å². The molecular weight excluding hydrogens is 214 g/mol. The zero-order valence-electron chi connectivity index (χ0n) is 10.6. The van der Waals surface area contributed by atoms with E-state index < -0.39 is 0 Å². The van der Waals surface area contributed by atoms with Crippen LogP contribution in [0.2, 0.25) is 0 Å². The van der Waals surface area contributed by atoms with Crippen LogP contribution in [-0.2, 0) is 6.54 Å². The Morgan fingerprint density at radius 1 is 1.47 bits per heavy atom. The average Bonchev–Trinajstić information content (AvgIpc) is 2.81. The largest absolute Gasteiger partial charge is 0.468 e. The lowest BCUT2D eigenvalue weighted by Gasteiger charge is -2.31. The van der Waals surface area contributed by atoms with E-state index in [-0.39, 0.29) is 0 Å². The maximum atomic E-state index is 5.89. The van der Waals surface area contributed by atoms with Gasteiger partial charge in [-0.2, -0.15) is 0 Å². The molecule has 1 aromatic heterocycles. The van der Waals surface area contributed by atoms with Crippen LogP contribution in [0.5, 0.6) is 0 Å². The second-order valence-electron chi connectivity index (χ2n) is 5.00. The molecule has 1 fully saturated rings. The van der Waals surface area contributed by atoms with Crippen molar-refractivity contribution in [2.24, 2.45) is 5.73 Å². The van der Waals surface area contributed by atoms with Crippen LogP contribution in [0.15, 0.2) is 22.8 Å². The van der Waals surface area contributed by atoms with E-state index in [1.54, 1.807) is 6.26 Å². The van der Waals surface area contributed by atoms with Crippen LogP contribution in [0.4, 0.5) is 0 Å². The molecule has 0 atom stereocenters. The van der Waals surface area contributed by atoms with Gasteiger partial charge < -0.3 is 15.1 Å². The highest BCUT2D eigenvalue weighted by Gasteiger charge is 2.15. The van der Waals surface area contributed by atoms with Crippen molar-refractivity contribution in [2.45, 2.75) is 25.4 Å². The smallest absolute Gasteiger partial charge is 0.117 e. The van der Waals surface area contributed by atoms with E-state index in [1.165, 1.54) is 0 Å². The molecule has 4 nitrogen and oxygen atoms in total. The minimum absolute atomic E-state index is 0.423. The second-order valence-corrected chi connectivity index (χ2v) is 5.00. The molecule has 4 heteroatoms. The Bertz CT molecular complexity index is 304. The van der Waals surface area contributed by atoms with Gasteiger partial charge in [-0.25, -0.2) is 0 Å². The van der Waals surface area contributed by atoms with Crippen molar-refractivity contribution in [3.05, 3.63) is 24.2 Å². The molecular formula is C13H23N3O. The molecule has 96 valence electrons. The van der Waals surface area contributed by atoms with Gasteiger partial charge in [-0.15, -0.1) is 0 Å². The quantitative estimate of drug-likeness (QED) is 0.834. The summed E-state index contributed by atoms with van der Waals surface area (Å²) in [5.41, 5.74) is 5.89. The number of likely N-dealkylation sites (tertiary alicyclic amines) is 1. The van der Waals surface area contributed by atoms with Crippen LogP contribution in [0.1, 0.15) is 18.6 Å². The van der Waals surface area contributed by atoms with Crippen molar-refractivity contribution in [2.75, 3.05) is 33.2 Å². The van der Waals surface area contributed by atoms with E-state index in [0.29, 0.717) is 6.04 Å². The summed E-state index contributed by atoms with van der Waals surface area (Å²) in [6, 6.07) is 4.39. The molecule has 0 aromatic carbocycles. The highest BCUT2D eigenvalue weighted by atomic mass is 16.3. The Labute approximate surface area is 103 Å². The number of nitrogens with zero attached hydrogens (tertiary/aromatic N) is 2. The average molecular weight is 237 g/mol. The fraction of sp³-hybridized carbons (Fsp3) is 0.692. The van der Waals surface area contributed by atoms with Crippen LogP contribution in [-0.4, -0.2) is 49.1 Å². The van der Waals surface area contributed by atoms with Crippen molar-refractivity contribution >= 4 is 0 Å². The summed E-state index contributed by atoms with van der Waals surface area (Å²) in [4.78, 5) is 4.80. The lowest BCUT2D eigenvalue weighted by atomic mass is 10.1. The summed E-state index contributed by atoms with van der Waals surface area (Å²) in [6.45, 7) is 5.39. The van der Waals surface area contributed by atoms with Gasteiger partial charge in [0.05, 0.1) is 12.8 Å². The van der Waals surface area contributed by atoms with Gasteiger partial charge in [-0.05, 0) is 45.1 Å². The molecule has 2 heterocycles. The zero-order chi connectivity index (χ0) is 12.1. The van der Waals surface area contributed by atoms with Crippen LogP contribution in [0.3, 0.4) is 0 Å². The second kappa shape index (κ2) is 6.19. The number of furan rings is 1. The first kappa shape index (κ1) is 12.6. The highest BCUT2D eigenvalue weighted by Crippen LogP contribution is 2.08. The monoisotopic (exact) mass is 237 g/mol. The van der Waals surface area contributed by atoms with E-state index >= 15 is 0 Å². The maximum Gasteiger partial charge on any atom is 0.117 e. The van der Waals surface area contributed by atoms with E-state index in [4.69, 9.17) is 10.2 Å². The van der Waals surface area contributed by atoms with Crippen molar-refractivity contribution in [3.8, 4) is 0 Å².